The lowest BCUT2D eigenvalue weighted by Gasteiger charge is -2.43. The van der Waals surface area contributed by atoms with E-state index in [1.54, 1.807) is 0 Å². The van der Waals surface area contributed by atoms with Gasteiger partial charge in [-0.2, -0.15) is 0 Å². The van der Waals surface area contributed by atoms with Crippen LogP contribution in [-0.4, -0.2) is 65.7 Å². The number of morpholine rings is 1. The Hall–Kier alpha value is -0.200. The second-order valence-corrected chi connectivity index (χ2v) is 4.77. The normalized spacial score (nSPS) is 29.0. The van der Waals surface area contributed by atoms with E-state index < -0.39 is 6.10 Å². The molecule has 1 fully saturated rings. The fourth-order valence-electron chi connectivity index (χ4n) is 2.03. The van der Waals surface area contributed by atoms with Crippen molar-refractivity contribution >= 4 is 0 Å². The Morgan fingerprint density at radius 2 is 2.27 bits per heavy atom. The summed E-state index contributed by atoms with van der Waals surface area (Å²) in [6.07, 6.45) is -0.669. The van der Waals surface area contributed by atoms with E-state index in [9.17, 15) is 5.11 Å². The maximum Gasteiger partial charge on any atom is 0.0897 e. The molecular weight excluding hydrogens is 196 g/mol. The highest BCUT2D eigenvalue weighted by Crippen LogP contribution is 2.20. The predicted molar refractivity (Wildman–Crippen MR) is 57.5 cm³/mol. The first-order valence-corrected chi connectivity index (χ1v) is 5.36. The molecule has 2 atom stereocenters. The molecule has 0 saturated carbocycles. The fraction of sp³-hybridized carbons (Fsp3) is 1.00. The van der Waals surface area contributed by atoms with Crippen molar-refractivity contribution in [3.05, 3.63) is 0 Å². The Labute approximate surface area is 90.8 Å². The lowest BCUT2D eigenvalue weighted by molar-refractivity contribution is -0.138. The minimum Gasteiger partial charge on any atom is -0.394 e. The minimum atomic E-state index is -0.683. The SMILES string of the molecule is CC1(C)CN(CC(O)CO)CC(CN)O1. The second-order valence-electron chi connectivity index (χ2n) is 4.77. The van der Waals surface area contributed by atoms with Gasteiger partial charge in [-0.15, -0.1) is 0 Å². The maximum atomic E-state index is 9.38. The van der Waals surface area contributed by atoms with Gasteiger partial charge in [-0.05, 0) is 13.8 Å². The third kappa shape index (κ3) is 4.04. The van der Waals surface area contributed by atoms with E-state index in [1.165, 1.54) is 0 Å². The Kier molecular flexibility index (Phi) is 4.48. The average Bonchev–Trinajstić information content (AvgIpc) is 2.15. The van der Waals surface area contributed by atoms with Crippen molar-refractivity contribution in [3.63, 3.8) is 0 Å². The zero-order valence-electron chi connectivity index (χ0n) is 9.52. The fourth-order valence-corrected chi connectivity index (χ4v) is 2.03. The summed E-state index contributed by atoms with van der Waals surface area (Å²) >= 11 is 0. The van der Waals surface area contributed by atoms with Crippen LogP contribution in [-0.2, 0) is 4.74 Å². The first-order chi connectivity index (χ1) is 6.96. The van der Waals surface area contributed by atoms with Gasteiger partial charge in [0.25, 0.3) is 0 Å². The van der Waals surface area contributed by atoms with Crippen LogP contribution in [0.15, 0.2) is 0 Å². The van der Waals surface area contributed by atoms with Crippen LogP contribution in [0.5, 0.6) is 0 Å². The summed E-state index contributed by atoms with van der Waals surface area (Å²) in [5, 5.41) is 18.2. The predicted octanol–water partition coefficient (Wildman–Crippen LogP) is -1.22. The van der Waals surface area contributed by atoms with Gasteiger partial charge in [0, 0.05) is 26.2 Å². The van der Waals surface area contributed by atoms with Gasteiger partial charge in [-0.3, -0.25) is 4.90 Å². The van der Waals surface area contributed by atoms with Crippen molar-refractivity contribution in [3.8, 4) is 0 Å². The van der Waals surface area contributed by atoms with Gasteiger partial charge in [-0.25, -0.2) is 0 Å². The molecule has 2 unspecified atom stereocenters. The number of ether oxygens (including phenoxy) is 1. The molecule has 1 heterocycles. The molecule has 0 aliphatic carbocycles. The summed E-state index contributed by atoms with van der Waals surface area (Å²) in [7, 11) is 0. The number of aliphatic hydroxyl groups is 2. The van der Waals surface area contributed by atoms with Gasteiger partial charge < -0.3 is 20.7 Å². The lowest BCUT2D eigenvalue weighted by Crippen LogP contribution is -2.56. The van der Waals surface area contributed by atoms with E-state index in [4.69, 9.17) is 15.6 Å². The van der Waals surface area contributed by atoms with Crippen LogP contribution in [0.2, 0.25) is 0 Å². The van der Waals surface area contributed by atoms with Gasteiger partial charge in [0.1, 0.15) is 0 Å². The highest BCUT2D eigenvalue weighted by Gasteiger charge is 2.33. The monoisotopic (exact) mass is 218 g/mol. The molecule has 0 amide bonds. The van der Waals surface area contributed by atoms with E-state index in [0.29, 0.717) is 13.1 Å². The topological polar surface area (TPSA) is 79.0 Å². The molecule has 1 rings (SSSR count). The summed E-state index contributed by atoms with van der Waals surface area (Å²) in [6, 6.07) is 0. The highest BCUT2D eigenvalue weighted by atomic mass is 16.5. The number of hydrogen-bond acceptors (Lipinski definition) is 5. The van der Waals surface area contributed by atoms with E-state index in [-0.39, 0.29) is 18.3 Å². The molecular formula is C10H22N2O3. The van der Waals surface area contributed by atoms with E-state index >= 15 is 0 Å². The largest absolute Gasteiger partial charge is 0.394 e. The molecule has 0 spiro atoms. The number of nitrogens with zero attached hydrogens (tertiary/aromatic N) is 1. The molecule has 4 N–H and O–H groups in total. The molecule has 0 radical (unpaired) electrons. The maximum absolute atomic E-state index is 9.38. The molecule has 5 nitrogen and oxygen atoms in total. The van der Waals surface area contributed by atoms with Gasteiger partial charge in [-0.1, -0.05) is 0 Å². The Bertz CT molecular complexity index is 197. The summed E-state index contributed by atoms with van der Waals surface area (Å²) in [5.74, 6) is 0. The molecule has 1 aliphatic rings. The zero-order valence-corrected chi connectivity index (χ0v) is 9.52. The Morgan fingerprint density at radius 3 is 2.80 bits per heavy atom. The molecule has 1 saturated heterocycles. The molecule has 0 aromatic heterocycles. The van der Waals surface area contributed by atoms with Gasteiger partial charge in [0.05, 0.1) is 24.4 Å². The number of nitrogens with two attached hydrogens (primary N) is 1. The minimum absolute atomic E-state index is 0.0136. The molecule has 5 heteroatoms. The molecule has 90 valence electrons. The smallest absolute Gasteiger partial charge is 0.0897 e. The van der Waals surface area contributed by atoms with Crippen LogP contribution in [0.1, 0.15) is 13.8 Å². The van der Waals surface area contributed by atoms with Crippen molar-refractivity contribution < 1.29 is 14.9 Å². The van der Waals surface area contributed by atoms with Crippen molar-refractivity contribution in [2.75, 3.05) is 32.8 Å². The molecule has 0 bridgehead atoms. The molecule has 0 aromatic carbocycles. The van der Waals surface area contributed by atoms with Gasteiger partial charge >= 0.3 is 0 Å². The number of aliphatic hydroxyl groups excluding tert-OH is 2. The standard InChI is InChI=1S/C10H22N2O3/c1-10(2)7-12(4-8(14)6-13)5-9(3-11)15-10/h8-9,13-14H,3-7,11H2,1-2H3. The second kappa shape index (κ2) is 5.23. The van der Waals surface area contributed by atoms with Crippen molar-refractivity contribution in [2.45, 2.75) is 31.7 Å². The first-order valence-electron chi connectivity index (χ1n) is 5.36. The van der Waals surface area contributed by atoms with Crippen LogP contribution in [0.25, 0.3) is 0 Å². The lowest BCUT2D eigenvalue weighted by atomic mass is 10.0. The molecule has 1 aliphatic heterocycles. The Morgan fingerprint density at radius 1 is 1.60 bits per heavy atom. The third-order valence-electron chi connectivity index (χ3n) is 2.49. The first kappa shape index (κ1) is 12.9. The quantitative estimate of drug-likeness (QED) is 0.551. The van der Waals surface area contributed by atoms with Crippen molar-refractivity contribution in [1.29, 1.82) is 0 Å². The average molecular weight is 218 g/mol. The van der Waals surface area contributed by atoms with Crippen LogP contribution < -0.4 is 5.73 Å². The third-order valence-corrected chi connectivity index (χ3v) is 2.49. The van der Waals surface area contributed by atoms with E-state index in [1.807, 2.05) is 13.8 Å². The number of rotatable bonds is 4. The van der Waals surface area contributed by atoms with Crippen molar-refractivity contribution in [2.24, 2.45) is 5.73 Å². The van der Waals surface area contributed by atoms with Crippen LogP contribution in [0.3, 0.4) is 0 Å². The molecule has 0 aromatic rings. The number of β-amino-alcohol motifs (C(OH)–C–C–N with tert-alkyl or cyclic N) is 1. The summed E-state index contributed by atoms with van der Waals surface area (Å²) in [6.45, 7) is 6.23. The number of hydrogen-bond donors (Lipinski definition) is 3. The van der Waals surface area contributed by atoms with E-state index in [2.05, 4.69) is 4.90 Å². The summed E-state index contributed by atoms with van der Waals surface area (Å²) in [4.78, 5) is 2.09. The zero-order chi connectivity index (χ0) is 11.5. The van der Waals surface area contributed by atoms with Crippen LogP contribution >= 0.6 is 0 Å². The van der Waals surface area contributed by atoms with E-state index in [0.717, 1.165) is 13.1 Å². The van der Waals surface area contributed by atoms with Crippen LogP contribution in [0, 0.1) is 0 Å². The van der Waals surface area contributed by atoms with Gasteiger partial charge in [0.2, 0.25) is 0 Å². The van der Waals surface area contributed by atoms with Crippen LogP contribution in [0.4, 0.5) is 0 Å². The molecule has 15 heavy (non-hydrogen) atoms. The summed E-state index contributed by atoms with van der Waals surface area (Å²) in [5.41, 5.74) is 5.35. The van der Waals surface area contributed by atoms with Crippen molar-refractivity contribution in [1.82, 2.24) is 4.90 Å². The highest BCUT2D eigenvalue weighted by molar-refractivity contribution is 4.85. The summed E-state index contributed by atoms with van der Waals surface area (Å²) < 4.78 is 5.76. The Balaban J connectivity index is 2.50. The van der Waals surface area contributed by atoms with Gasteiger partial charge in [0.15, 0.2) is 0 Å².